The summed E-state index contributed by atoms with van der Waals surface area (Å²) in [4.78, 5) is 17.1. The lowest BCUT2D eigenvalue weighted by Gasteiger charge is -2.18. The van der Waals surface area contributed by atoms with Crippen LogP contribution in [0.3, 0.4) is 0 Å². The molecule has 3 heteroatoms. The van der Waals surface area contributed by atoms with Crippen LogP contribution >= 0.6 is 0 Å². The van der Waals surface area contributed by atoms with Gasteiger partial charge >= 0.3 is 0 Å². The van der Waals surface area contributed by atoms with Crippen LogP contribution in [0.15, 0.2) is 48.5 Å². The van der Waals surface area contributed by atoms with Crippen molar-refractivity contribution in [1.82, 2.24) is 4.98 Å². The Morgan fingerprint density at radius 3 is 2.75 bits per heavy atom. The zero-order valence-electron chi connectivity index (χ0n) is 11.0. The molecule has 0 unspecified atom stereocenters. The molecule has 0 spiro atoms. The van der Waals surface area contributed by atoms with E-state index in [2.05, 4.69) is 28.1 Å². The fraction of sp³-hybridized carbons (Fsp3) is 0.118. The summed E-state index contributed by atoms with van der Waals surface area (Å²) in [5.74, 6) is 0.908. The van der Waals surface area contributed by atoms with Crippen LogP contribution in [0.2, 0.25) is 0 Å². The second-order valence-electron chi connectivity index (χ2n) is 5.08. The van der Waals surface area contributed by atoms with Crippen molar-refractivity contribution in [2.24, 2.45) is 0 Å². The normalized spacial score (nSPS) is 13.7. The molecule has 0 radical (unpaired) electrons. The zero-order chi connectivity index (χ0) is 13.5. The molecule has 1 N–H and O–H groups in total. The number of rotatable bonds is 2. The van der Waals surface area contributed by atoms with Gasteiger partial charge in [0, 0.05) is 23.1 Å². The Morgan fingerprint density at radius 2 is 1.85 bits per heavy atom. The van der Waals surface area contributed by atoms with Crippen LogP contribution in [0.25, 0.3) is 10.9 Å². The van der Waals surface area contributed by atoms with Crippen LogP contribution < -0.4 is 4.90 Å². The van der Waals surface area contributed by atoms with Crippen molar-refractivity contribution in [3.63, 3.8) is 0 Å². The molecular formula is C17H14N2O. The minimum atomic E-state index is 0.748. The SMILES string of the molecule is O=Cc1c(N2CCc3ccccc32)[nH]c2ccccc12. The summed E-state index contributed by atoms with van der Waals surface area (Å²) < 4.78 is 0. The Labute approximate surface area is 116 Å². The third kappa shape index (κ3) is 1.50. The van der Waals surface area contributed by atoms with Gasteiger partial charge in [-0.05, 0) is 24.1 Å². The van der Waals surface area contributed by atoms with Crippen molar-refractivity contribution in [2.45, 2.75) is 6.42 Å². The summed E-state index contributed by atoms with van der Waals surface area (Å²) in [6.45, 7) is 0.910. The van der Waals surface area contributed by atoms with E-state index in [0.29, 0.717) is 0 Å². The maximum atomic E-state index is 11.5. The number of nitrogens with one attached hydrogen (secondary N) is 1. The van der Waals surface area contributed by atoms with E-state index < -0.39 is 0 Å². The molecule has 1 aliphatic rings. The highest BCUT2D eigenvalue weighted by Crippen LogP contribution is 2.37. The predicted octanol–water partition coefficient (Wildman–Crippen LogP) is 3.67. The number of aromatic nitrogens is 1. The first kappa shape index (κ1) is 11.3. The molecule has 0 aliphatic carbocycles. The van der Waals surface area contributed by atoms with Crippen LogP contribution in [0.4, 0.5) is 11.5 Å². The molecule has 0 saturated heterocycles. The Hall–Kier alpha value is -2.55. The van der Waals surface area contributed by atoms with E-state index in [1.165, 1.54) is 11.3 Å². The molecule has 2 heterocycles. The smallest absolute Gasteiger partial charge is 0.154 e. The van der Waals surface area contributed by atoms with Crippen molar-refractivity contribution in [1.29, 1.82) is 0 Å². The molecule has 1 aromatic heterocycles. The summed E-state index contributed by atoms with van der Waals surface area (Å²) in [6.07, 6.45) is 1.97. The van der Waals surface area contributed by atoms with Crippen LogP contribution in [0.5, 0.6) is 0 Å². The highest BCUT2D eigenvalue weighted by Gasteiger charge is 2.24. The summed E-state index contributed by atoms with van der Waals surface area (Å²) in [5.41, 5.74) is 4.29. The van der Waals surface area contributed by atoms with Gasteiger partial charge in [-0.3, -0.25) is 4.79 Å². The minimum Gasteiger partial charge on any atom is -0.341 e. The quantitative estimate of drug-likeness (QED) is 0.715. The Kier molecular flexibility index (Phi) is 2.39. The second-order valence-corrected chi connectivity index (χ2v) is 5.08. The molecule has 3 aromatic rings. The third-order valence-electron chi connectivity index (χ3n) is 4.00. The third-order valence-corrected chi connectivity index (χ3v) is 4.00. The maximum absolute atomic E-state index is 11.5. The number of carbonyl (C=O) groups is 1. The zero-order valence-corrected chi connectivity index (χ0v) is 11.0. The molecule has 98 valence electrons. The van der Waals surface area contributed by atoms with Gasteiger partial charge in [0.15, 0.2) is 6.29 Å². The largest absolute Gasteiger partial charge is 0.341 e. The van der Waals surface area contributed by atoms with E-state index in [1.807, 2.05) is 30.3 Å². The van der Waals surface area contributed by atoms with E-state index in [0.717, 1.165) is 41.5 Å². The summed E-state index contributed by atoms with van der Waals surface area (Å²) in [6, 6.07) is 16.3. The molecule has 0 saturated carbocycles. The van der Waals surface area contributed by atoms with Gasteiger partial charge in [-0.25, -0.2) is 0 Å². The van der Waals surface area contributed by atoms with Crippen LogP contribution in [-0.2, 0) is 6.42 Å². The van der Waals surface area contributed by atoms with E-state index in [4.69, 9.17) is 0 Å². The number of benzene rings is 2. The summed E-state index contributed by atoms with van der Waals surface area (Å²) in [7, 11) is 0. The number of para-hydroxylation sites is 2. The topological polar surface area (TPSA) is 36.1 Å². The predicted molar refractivity (Wildman–Crippen MR) is 80.8 cm³/mol. The number of fused-ring (bicyclic) bond motifs is 2. The number of aromatic amines is 1. The van der Waals surface area contributed by atoms with Crippen molar-refractivity contribution >= 4 is 28.7 Å². The molecule has 0 atom stereocenters. The first-order chi connectivity index (χ1) is 9.88. The van der Waals surface area contributed by atoms with Crippen LogP contribution in [0, 0.1) is 0 Å². The lowest BCUT2D eigenvalue weighted by atomic mass is 10.1. The molecule has 4 rings (SSSR count). The standard InChI is InChI=1S/C17H14N2O/c20-11-14-13-6-2-3-7-15(13)18-17(14)19-10-9-12-5-1-4-8-16(12)19/h1-8,11,18H,9-10H2. The Balaban J connectivity index is 1.94. The van der Waals surface area contributed by atoms with Gasteiger partial charge in [0.2, 0.25) is 0 Å². The second kappa shape index (κ2) is 4.23. The number of aldehydes is 1. The molecule has 20 heavy (non-hydrogen) atoms. The van der Waals surface area contributed by atoms with Gasteiger partial charge in [0.25, 0.3) is 0 Å². The number of anilines is 2. The lowest BCUT2D eigenvalue weighted by Crippen LogP contribution is -2.15. The van der Waals surface area contributed by atoms with Crippen molar-refractivity contribution in [3.05, 3.63) is 59.7 Å². The number of carbonyl (C=O) groups excluding carboxylic acids is 1. The maximum Gasteiger partial charge on any atom is 0.154 e. The number of hydrogen-bond acceptors (Lipinski definition) is 2. The van der Waals surface area contributed by atoms with Gasteiger partial charge in [-0.2, -0.15) is 0 Å². The fourth-order valence-electron chi connectivity index (χ4n) is 3.05. The van der Waals surface area contributed by atoms with Gasteiger partial charge in [-0.15, -0.1) is 0 Å². The number of H-pyrrole nitrogens is 1. The van der Waals surface area contributed by atoms with E-state index in [-0.39, 0.29) is 0 Å². The van der Waals surface area contributed by atoms with Gasteiger partial charge in [0.1, 0.15) is 5.82 Å². The van der Waals surface area contributed by atoms with Gasteiger partial charge < -0.3 is 9.88 Å². The molecule has 2 aromatic carbocycles. The monoisotopic (exact) mass is 262 g/mol. The molecule has 0 amide bonds. The minimum absolute atomic E-state index is 0.748. The number of hydrogen-bond donors (Lipinski definition) is 1. The van der Waals surface area contributed by atoms with Crippen molar-refractivity contribution < 1.29 is 4.79 Å². The Morgan fingerprint density at radius 1 is 1.05 bits per heavy atom. The lowest BCUT2D eigenvalue weighted by molar-refractivity contribution is 0.112. The number of nitrogens with zero attached hydrogens (tertiary/aromatic N) is 1. The average molecular weight is 262 g/mol. The molecule has 0 fully saturated rings. The average Bonchev–Trinajstić information content (AvgIpc) is 3.07. The summed E-state index contributed by atoms with van der Waals surface area (Å²) >= 11 is 0. The fourth-order valence-corrected chi connectivity index (χ4v) is 3.05. The first-order valence-corrected chi connectivity index (χ1v) is 6.80. The van der Waals surface area contributed by atoms with Gasteiger partial charge in [-0.1, -0.05) is 36.4 Å². The highest BCUT2D eigenvalue weighted by atomic mass is 16.1. The summed E-state index contributed by atoms with van der Waals surface area (Å²) in [5, 5.41) is 0.988. The van der Waals surface area contributed by atoms with E-state index in [9.17, 15) is 4.79 Å². The first-order valence-electron chi connectivity index (χ1n) is 6.80. The van der Waals surface area contributed by atoms with E-state index in [1.54, 1.807) is 0 Å². The molecular weight excluding hydrogens is 248 g/mol. The Bertz CT molecular complexity index is 804. The van der Waals surface area contributed by atoms with Crippen LogP contribution in [0.1, 0.15) is 15.9 Å². The van der Waals surface area contributed by atoms with Crippen molar-refractivity contribution in [3.8, 4) is 0 Å². The molecule has 3 nitrogen and oxygen atoms in total. The van der Waals surface area contributed by atoms with Gasteiger partial charge in [0.05, 0.1) is 5.56 Å². The molecule has 1 aliphatic heterocycles. The highest BCUT2D eigenvalue weighted by molar-refractivity contribution is 6.04. The van der Waals surface area contributed by atoms with Crippen molar-refractivity contribution in [2.75, 3.05) is 11.4 Å². The van der Waals surface area contributed by atoms with E-state index >= 15 is 0 Å². The van der Waals surface area contributed by atoms with Crippen LogP contribution in [-0.4, -0.2) is 17.8 Å². The molecule has 0 bridgehead atoms.